The van der Waals surface area contributed by atoms with Crippen LogP contribution in [0.1, 0.15) is 64.2 Å². The standard InChI is InChI=1S/C16H26O/c17-11-12-5-7-14-9-8-13-3-1-2-4-15(13)16(14)10-6-12/h11-16H,1-10H2. The van der Waals surface area contributed by atoms with E-state index in [2.05, 4.69) is 0 Å². The van der Waals surface area contributed by atoms with Crippen LogP contribution in [0.3, 0.4) is 0 Å². The Balaban J connectivity index is 1.71. The average molecular weight is 234 g/mol. The number of rotatable bonds is 1. The average Bonchev–Trinajstić information content (AvgIpc) is 2.60. The molecule has 0 radical (unpaired) electrons. The van der Waals surface area contributed by atoms with Gasteiger partial charge in [-0.2, -0.15) is 0 Å². The molecule has 3 aliphatic carbocycles. The van der Waals surface area contributed by atoms with Crippen LogP contribution in [0.4, 0.5) is 0 Å². The molecule has 0 aliphatic heterocycles. The third-order valence-corrected chi connectivity index (χ3v) is 6.00. The SMILES string of the molecule is O=CC1CCC2CCC3CCCCC3C2CC1. The summed E-state index contributed by atoms with van der Waals surface area (Å²) in [7, 11) is 0. The molecule has 0 saturated heterocycles. The molecular formula is C16H26O. The predicted molar refractivity (Wildman–Crippen MR) is 69.7 cm³/mol. The van der Waals surface area contributed by atoms with E-state index in [1.807, 2.05) is 0 Å². The minimum atomic E-state index is 0.391. The fourth-order valence-electron chi connectivity index (χ4n) is 5.07. The molecule has 0 aromatic rings. The monoisotopic (exact) mass is 234 g/mol. The molecule has 3 aliphatic rings. The molecular weight excluding hydrogens is 208 g/mol. The first-order valence-corrected chi connectivity index (χ1v) is 7.84. The van der Waals surface area contributed by atoms with E-state index in [9.17, 15) is 4.79 Å². The number of carbonyl (C=O) groups is 1. The summed E-state index contributed by atoms with van der Waals surface area (Å²) < 4.78 is 0. The highest BCUT2D eigenvalue weighted by Gasteiger charge is 2.41. The topological polar surface area (TPSA) is 17.1 Å². The number of hydrogen-bond donors (Lipinski definition) is 0. The molecule has 0 spiro atoms. The first-order chi connectivity index (χ1) is 8.38. The van der Waals surface area contributed by atoms with E-state index in [1.165, 1.54) is 70.5 Å². The highest BCUT2D eigenvalue weighted by Crippen LogP contribution is 2.51. The summed E-state index contributed by atoms with van der Waals surface area (Å²) in [6, 6.07) is 0. The molecule has 5 unspecified atom stereocenters. The van der Waals surface area contributed by atoms with Crippen molar-refractivity contribution in [3.63, 3.8) is 0 Å². The lowest BCUT2D eigenvalue weighted by atomic mass is 9.60. The van der Waals surface area contributed by atoms with Gasteiger partial charge in [-0.3, -0.25) is 0 Å². The maximum absolute atomic E-state index is 11.0. The number of hydrogen-bond acceptors (Lipinski definition) is 1. The van der Waals surface area contributed by atoms with Crippen LogP contribution in [-0.2, 0) is 4.79 Å². The van der Waals surface area contributed by atoms with E-state index >= 15 is 0 Å². The Labute approximate surface area is 105 Å². The van der Waals surface area contributed by atoms with Crippen molar-refractivity contribution in [2.24, 2.45) is 29.6 Å². The van der Waals surface area contributed by atoms with Crippen LogP contribution in [0, 0.1) is 29.6 Å². The summed E-state index contributed by atoms with van der Waals surface area (Å²) in [5.74, 6) is 4.44. The minimum absolute atomic E-state index is 0.391. The van der Waals surface area contributed by atoms with Crippen LogP contribution in [0.15, 0.2) is 0 Å². The summed E-state index contributed by atoms with van der Waals surface area (Å²) in [6.07, 6.45) is 15.2. The van der Waals surface area contributed by atoms with Gasteiger partial charge >= 0.3 is 0 Å². The largest absolute Gasteiger partial charge is 0.303 e. The highest BCUT2D eigenvalue weighted by molar-refractivity contribution is 5.53. The van der Waals surface area contributed by atoms with E-state index in [-0.39, 0.29) is 0 Å². The second-order valence-electron chi connectivity index (χ2n) is 6.76. The first-order valence-electron chi connectivity index (χ1n) is 7.84. The Morgan fingerprint density at radius 3 is 2.06 bits per heavy atom. The molecule has 17 heavy (non-hydrogen) atoms. The van der Waals surface area contributed by atoms with Crippen LogP contribution in [-0.4, -0.2) is 6.29 Å². The van der Waals surface area contributed by atoms with Gasteiger partial charge in [-0.1, -0.05) is 19.3 Å². The molecule has 1 heteroatoms. The van der Waals surface area contributed by atoms with Gasteiger partial charge in [0.05, 0.1) is 0 Å². The van der Waals surface area contributed by atoms with Crippen LogP contribution in [0.25, 0.3) is 0 Å². The summed E-state index contributed by atoms with van der Waals surface area (Å²) in [4.78, 5) is 11.0. The fraction of sp³-hybridized carbons (Fsp3) is 0.938. The van der Waals surface area contributed by atoms with Gasteiger partial charge in [0.2, 0.25) is 0 Å². The maximum Gasteiger partial charge on any atom is 0.123 e. The number of aldehydes is 1. The van der Waals surface area contributed by atoms with Gasteiger partial charge < -0.3 is 4.79 Å². The van der Waals surface area contributed by atoms with E-state index in [0.29, 0.717) is 5.92 Å². The zero-order chi connectivity index (χ0) is 11.7. The van der Waals surface area contributed by atoms with Gasteiger partial charge in [0, 0.05) is 5.92 Å². The molecule has 0 aromatic carbocycles. The Kier molecular flexibility index (Phi) is 3.54. The number of carbonyl (C=O) groups excluding carboxylic acids is 1. The van der Waals surface area contributed by atoms with Crippen molar-refractivity contribution in [1.82, 2.24) is 0 Å². The zero-order valence-corrected chi connectivity index (χ0v) is 10.9. The molecule has 96 valence electrons. The van der Waals surface area contributed by atoms with Gasteiger partial charge in [0.15, 0.2) is 0 Å². The van der Waals surface area contributed by atoms with E-state index in [1.54, 1.807) is 0 Å². The molecule has 3 rings (SSSR count). The molecule has 5 atom stereocenters. The molecule has 0 bridgehead atoms. The van der Waals surface area contributed by atoms with Crippen LogP contribution < -0.4 is 0 Å². The van der Waals surface area contributed by atoms with Crippen molar-refractivity contribution in [2.75, 3.05) is 0 Å². The van der Waals surface area contributed by atoms with E-state index in [4.69, 9.17) is 0 Å². The molecule has 3 saturated carbocycles. The van der Waals surface area contributed by atoms with Crippen molar-refractivity contribution < 1.29 is 4.79 Å². The van der Waals surface area contributed by atoms with Crippen molar-refractivity contribution >= 4 is 6.29 Å². The lowest BCUT2D eigenvalue weighted by Gasteiger charge is -2.45. The zero-order valence-electron chi connectivity index (χ0n) is 10.9. The van der Waals surface area contributed by atoms with Gasteiger partial charge in [0.1, 0.15) is 6.29 Å². The summed E-state index contributed by atoms with van der Waals surface area (Å²) in [6.45, 7) is 0. The van der Waals surface area contributed by atoms with Gasteiger partial charge in [0.25, 0.3) is 0 Å². The van der Waals surface area contributed by atoms with Gasteiger partial charge in [-0.25, -0.2) is 0 Å². The second-order valence-corrected chi connectivity index (χ2v) is 6.76. The smallest absolute Gasteiger partial charge is 0.123 e. The highest BCUT2D eigenvalue weighted by atomic mass is 16.1. The predicted octanol–water partition coefficient (Wildman–Crippen LogP) is 4.21. The number of fused-ring (bicyclic) bond motifs is 3. The van der Waals surface area contributed by atoms with E-state index < -0.39 is 0 Å². The van der Waals surface area contributed by atoms with Crippen LogP contribution in [0.5, 0.6) is 0 Å². The fourth-order valence-corrected chi connectivity index (χ4v) is 5.07. The Morgan fingerprint density at radius 2 is 1.24 bits per heavy atom. The van der Waals surface area contributed by atoms with E-state index in [0.717, 1.165) is 23.7 Å². The Hall–Kier alpha value is -0.330. The summed E-state index contributed by atoms with van der Waals surface area (Å²) in [5, 5.41) is 0. The summed E-state index contributed by atoms with van der Waals surface area (Å²) in [5.41, 5.74) is 0. The van der Waals surface area contributed by atoms with Crippen molar-refractivity contribution in [3.8, 4) is 0 Å². The quantitative estimate of drug-likeness (QED) is 0.621. The lowest BCUT2D eigenvalue weighted by Crippen LogP contribution is -2.36. The normalized spacial score (nSPS) is 46.5. The van der Waals surface area contributed by atoms with Crippen molar-refractivity contribution in [2.45, 2.75) is 64.2 Å². The molecule has 3 fully saturated rings. The minimum Gasteiger partial charge on any atom is -0.303 e. The summed E-state index contributed by atoms with van der Waals surface area (Å²) >= 11 is 0. The molecule has 0 amide bonds. The molecule has 0 N–H and O–H groups in total. The molecule has 0 aromatic heterocycles. The third-order valence-electron chi connectivity index (χ3n) is 6.00. The second kappa shape index (κ2) is 5.12. The third kappa shape index (κ3) is 2.30. The maximum atomic E-state index is 11.0. The van der Waals surface area contributed by atoms with Crippen LogP contribution in [0.2, 0.25) is 0 Å². The first kappa shape index (κ1) is 11.7. The van der Waals surface area contributed by atoms with Crippen molar-refractivity contribution in [1.29, 1.82) is 0 Å². The Morgan fingerprint density at radius 1 is 0.647 bits per heavy atom. The lowest BCUT2D eigenvalue weighted by molar-refractivity contribution is -0.111. The molecule has 1 nitrogen and oxygen atoms in total. The Bertz CT molecular complexity index is 273. The van der Waals surface area contributed by atoms with Gasteiger partial charge in [-0.15, -0.1) is 0 Å². The molecule has 0 heterocycles. The van der Waals surface area contributed by atoms with Gasteiger partial charge in [-0.05, 0) is 68.6 Å². The van der Waals surface area contributed by atoms with Crippen LogP contribution >= 0.6 is 0 Å². The van der Waals surface area contributed by atoms with Crippen molar-refractivity contribution in [3.05, 3.63) is 0 Å².